The van der Waals surface area contributed by atoms with Crippen molar-refractivity contribution in [3.63, 3.8) is 0 Å². The molecule has 1 aromatic rings. The fourth-order valence-electron chi connectivity index (χ4n) is 2.62. The molecule has 1 aliphatic carbocycles. The van der Waals surface area contributed by atoms with Crippen LogP contribution in [-0.4, -0.2) is 39.3 Å². The highest BCUT2D eigenvalue weighted by atomic mass is 127. The smallest absolute Gasteiger partial charge is 0.191 e. The number of benzene rings is 1. The Labute approximate surface area is 156 Å². The van der Waals surface area contributed by atoms with Gasteiger partial charge in [-0.1, -0.05) is 18.9 Å². The molecule has 0 atom stereocenters. The third-order valence-corrected chi connectivity index (χ3v) is 3.84. The molecular weight excluding hydrogens is 405 g/mol. The molecule has 2 N–H and O–H groups in total. The van der Waals surface area contributed by atoms with Crippen molar-refractivity contribution >= 4 is 29.9 Å². The second-order valence-electron chi connectivity index (χ2n) is 5.51. The molecule has 0 unspecified atom stereocenters. The standard InChI is InChI=1S/C17H27N3O2.HI/c1-18-17(20-14-7-3-4-8-14)19-11-6-12-22-16-10-5-9-15(13-16)21-2;/h5,9-10,13-14H,3-4,6-8,11-12H2,1-2H3,(H2,18,19,20);1H. The lowest BCUT2D eigenvalue weighted by Gasteiger charge is -2.16. The number of ether oxygens (including phenoxy) is 2. The van der Waals surface area contributed by atoms with Crippen molar-refractivity contribution in [2.24, 2.45) is 4.99 Å². The maximum Gasteiger partial charge on any atom is 0.191 e. The highest BCUT2D eigenvalue weighted by molar-refractivity contribution is 14.0. The molecule has 6 heteroatoms. The van der Waals surface area contributed by atoms with Gasteiger partial charge in [-0.15, -0.1) is 24.0 Å². The summed E-state index contributed by atoms with van der Waals surface area (Å²) >= 11 is 0. The van der Waals surface area contributed by atoms with E-state index in [-0.39, 0.29) is 24.0 Å². The van der Waals surface area contributed by atoms with Gasteiger partial charge in [0.25, 0.3) is 0 Å². The summed E-state index contributed by atoms with van der Waals surface area (Å²) in [5.74, 6) is 2.55. The molecule has 1 saturated carbocycles. The molecule has 0 spiro atoms. The van der Waals surface area contributed by atoms with Crippen molar-refractivity contribution in [3.8, 4) is 11.5 Å². The molecular formula is C17H28IN3O2. The van der Waals surface area contributed by atoms with Gasteiger partial charge in [-0.05, 0) is 31.4 Å². The summed E-state index contributed by atoms with van der Waals surface area (Å²) in [7, 11) is 3.48. The Balaban J connectivity index is 0.00000264. The van der Waals surface area contributed by atoms with Crippen molar-refractivity contribution < 1.29 is 9.47 Å². The molecule has 0 bridgehead atoms. The van der Waals surface area contributed by atoms with Crippen LogP contribution in [0.25, 0.3) is 0 Å². The lowest BCUT2D eigenvalue weighted by Crippen LogP contribution is -2.42. The average molecular weight is 433 g/mol. The van der Waals surface area contributed by atoms with Gasteiger partial charge in [-0.25, -0.2) is 0 Å². The number of methoxy groups -OCH3 is 1. The Morgan fingerprint density at radius 3 is 2.70 bits per heavy atom. The number of aliphatic imine (C=N–C) groups is 1. The van der Waals surface area contributed by atoms with Crippen LogP contribution < -0.4 is 20.1 Å². The monoisotopic (exact) mass is 433 g/mol. The van der Waals surface area contributed by atoms with E-state index < -0.39 is 0 Å². The van der Waals surface area contributed by atoms with Crippen LogP contribution in [0.2, 0.25) is 0 Å². The predicted molar refractivity (Wildman–Crippen MR) is 105 cm³/mol. The van der Waals surface area contributed by atoms with Gasteiger partial charge >= 0.3 is 0 Å². The van der Waals surface area contributed by atoms with Gasteiger partial charge in [-0.2, -0.15) is 0 Å². The number of hydrogen-bond acceptors (Lipinski definition) is 3. The summed E-state index contributed by atoms with van der Waals surface area (Å²) in [4.78, 5) is 4.27. The van der Waals surface area contributed by atoms with E-state index in [9.17, 15) is 0 Å². The molecule has 5 nitrogen and oxygen atoms in total. The van der Waals surface area contributed by atoms with Crippen molar-refractivity contribution in [1.29, 1.82) is 0 Å². The first-order valence-electron chi connectivity index (χ1n) is 8.06. The molecule has 0 aromatic heterocycles. The summed E-state index contributed by atoms with van der Waals surface area (Å²) < 4.78 is 10.9. The average Bonchev–Trinajstić information content (AvgIpc) is 3.06. The van der Waals surface area contributed by atoms with E-state index in [2.05, 4.69) is 15.6 Å². The molecule has 130 valence electrons. The molecule has 1 aliphatic rings. The topological polar surface area (TPSA) is 54.9 Å². The summed E-state index contributed by atoms with van der Waals surface area (Å²) in [5, 5.41) is 6.81. The second kappa shape index (κ2) is 11.4. The number of nitrogens with one attached hydrogen (secondary N) is 2. The van der Waals surface area contributed by atoms with Gasteiger partial charge in [0.05, 0.1) is 13.7 Å². The number of hydrogen-bond donors (Lipinski definition) is 2. The lowest BCUT2D eigenvalue weighted by atomic mass is 10.2. The first kappa shape index (κ1) is 19.9. The minimum absolute atomic E-state index is 0. The summed E-state index contributed by atoms with van der Waals surface area (Å²) in [6, 6.07) is 8.26. The van der Waals surface area contributed by atoms with Crippen LogP contribution in [0.1, 0.15) is 32.1 Å². The van der Waals surface area contributed by atoms with Gasteiger partial charge in [0.15, 0.2) is 5.96 Å². The zero-order valence-corrected chi connectivity index (χ0v) is 16.3. The zero-order chi connectivity index (χ0) is 15.6. The van der Waals surface area contributed by atoms with Crippen LogP contribution in [0.4, 0.5) is 0 Å². The van der Waals surface area contributed by atoms with Gasteiger partial charge in [-0.3, -0.25) is 4.99 Å². The van der Waals surface area contributed by atoms with Crippen molar-refractivity contribution in [3.05, 3.63) is 24.3 Å². The van der Waals surface area contributed by atoms with Crippen LogP contribution in [0.5, 0.6) is 11.5 Å². The van der Waals surface area contributed by atoms with E-state index in [1.807, 2.05) is 31.3 Å². The quantitative estimate of drug-likeness (QED) is 0.300. The van der Waals surface area contributed by atoms with E-state index in [4.69, 9.17) is 9.47 Å². The van der Waals surface area contributed by atoms with E-state index >= 15 is 0 Å². The van der Waals surface area contributed by atoms with Crippen LogP contribution in [-0.2, 0) is 0 Å². The number of halogens is 1. The summed E-state index contributed by atoms with van der Waals surface area (Å²) in [6.07, 6.45) is 6.06. The maximum atomic E-state index is 5.72. The number of rotatable bonds is 7. The first-order chi connectivity index (χ1) is 10.8. The Kier molecular flexibility index (Phi) is 9.82. The van der Waals surface area contributed by atoms with Crippen LogP contribution in [0.3, 0.4) is 0 Å². The highest BCUT2D eigenvalue weighted by Gasteiger charge is 2.15. The number of nitrogens with zero attached hydrogens (tertiary/aromatic N) is 1. The Bertz CT molecular complexity index is 477. The zero-order valence-electron chi connectivity index (χ0n) is 14.0. The predicted octanol–water partition coefficient (Wildman–Crippen LogP) is 3.19. The molecule has 23 heavy (non-hydrogen) atoms. The minimum Gasteiger partial charge on any atom is -0.497 e. The van der Waals surface area contributed by atoms with Gasteiger partial charge < -0.3 is 20.1 Å². The van der Waals surface area contributed by atoms with E-state index in [1.165, 1.54) is 25.7 Å². The third kappa shape index (κ3) is 7.28. The van der Waals surface area contributed by atoms with Crippen LogP contribution in [0.15, 0.2) is 29.3 Å². The van der Waals surface area contributed by atoms with Crippen molar-refractivity contribution in [2.45, 2.75) is 38.1 Å². The largest absolute Gasteiger partial charge is 0.497 e. The summed E-state index contributed by atoms with van der Waals surface area (Å²) in [6.45, 7) is 1.51. The molecule has 0 aliphatic heterocycles. The second-order valence-corrected chi connectivity index (χ2v) is 5.51. The van der Waals surface area contributed by atoms with Gasteiger partial charge in [0.2, 0.25) is 0 Å². The molecule has 0 saturated heterocycles. The van der Waals surface area contributed by atoms with Crippen LogP contribution in [0, 0.1) is 0 Å². The molecule has 0 radical (unpaired) electrons. The highest BCUT2D eigenvalue weighted by Crippen LogP contribution is 2.19. The Morgan fingerprint density at radius 2 is 2.00 bits per heavy atom. The maximum absolute atomic E-state index is 5.72. The fourth-order valence-corrected chi connectivity index (χ4v) is 2.62. The molecule has 0 heterocycles. The lowest BCUT2D eigenvalue weighted by molar-refractivity contribution is 0.308. The van der Waals surface area contributed by atoms with Gasteiger partial charge in [0.1, 0.15) is 11.5 Å². The minimum atomic E-state index is 0. The third-order valence-electron chi connectivity index (χ3n) is 3.84. The van der Waals surface area contributed by atoms with Gasteiger partial charge in [0, 0.05) is 25.7 Å². The number of guanidine groups is 1. The SMILES string of the molecule is CN=C(NCCCOc1cccc(OC)c1)NC1CCCC1.I. The summed E-state index contributed by atoms with van der Waals surface area (Å²) in [5.41, 5.74) is 0. The van der Waals surface area contributed by atoms with E-state index in [1.54, 1.807) is 7.11 Å². The van der Waals surface area contributed by atoms with Crippen LogP contribution >= 0.6 is 24.0 Å². The van der Waals surface area contributed by atoms with Crippen molar-refractivity contribution in [1.82, 2.24) is 10.6 Å². The van der Waals surface area contributed by atoms with E-state index in [0.29, 0.717) is 12.6 Å². The van der Waals surface area contributed by atoms with E-state index in [0.717, 1.165) is 30.4 Å². The first-order valence-corrected chi connectivity index (χ1v) is 8.06. The molecule has 1 fully saturated rings. The molecule has 0 amide bonds. The molecule has 2 rings (SSSR count). The Hall–Kier alpha value is -1.18. The normalized spacial score (nSPS) is 15.0. The fraction of sp³-hybridized carbons (Fsp3) is 0.588. The Morgan fingerprint density at radius 1 is 1.26 bits per heavy atom. The van der Waals surface area contributed by atoms with Crippen molar-refractivity contribution in [2.75, 3.05) is 27.3 Å². The molecule has 1 aromatic carbocycles.